The predicted molar refractivity (Wildman–Crippen MR) is 73.1 cm³/mol. The molecule has 94 valence electrons. The van der Waals surface area contributed by atoms with Crippen LogP contribution in [-0.2, 0) is 4.79 Å². The van der Waals surface area contributed by atoms with Crippen molar-refractivity contribution in [3.05, 3.63) is 29.8 Å². The lowest BCUT2D eigenvalue weighted by atomic mass is 10.1. The largest absolute Gasteiger partial charge is 0.356 e. The third kappa shape index (κ3) is 4.40. The molecule has 1 rings (SSSR count). The molecule has 3 N–H and O–H groups in total. The van der Waals surface area contributed by atoms with Crippen molar-refractivity contribution in [3.8, 4) is 0 Å². The van der Waals surface area contributed by atoms with E-state index in [2.05, 4.69) is 12.2 Å². The summed E-state index contributed by atoms with van der Waals surface area (Å²) < 4.78 is 0. The number of rotatable bonds is 6. The van der Waals surface area contributed by atoms with Gasteiger partial charge in [-0.15, -0.1) is 11.8 Å². The zero-order valence-corrected chi connectivity index (χ0v) is 11.2. The molecule has 1 atom stereocenters. The second kappa shape index (κ2) is 7.35. The highest BCUT2D eigenvalue weighted by Gasteiger charge is 2.10. The SMILES string of the molecule is CCNC(=O)CSc1ccccc1[C@@H](N)CC. The lowest BCUT2D eigenvalue weighted by Gasteiger charge is -2.14. The van der Waals surface area contributed by atoms with E-state index in [1.807, 2.05) is 31.2 Å². The average molecular weight is 252 g/mol. The van der Waals surface area contributed by atoms with Gasteiger partial charge in [0.25, 0.3) is 0 Å². The number of nitrogens with one attached hydrogen (secondary N) is 1. The van der Waals surface area contributed by atoms with Crippen LogP contribution in [0, 0.1) is 0 Å². The number of hydrogen-bond donors (Lipinski definition) is 2. The van der Waals surface area contributed by atoms with E-state index in [0.717, 1.165) is 16.9 Å². The predicted octanol–water partition coefficient (Wildman–Crippen LogP) is 2.32. The fourth-order valence-electron chi connectivity index (χ4n) is 1.53. The summed E-state index contributed by atoms with van der Waals surface area (Å²) in [5.74, 6) is 0.513. The minimum Gasteiger partial charge on any atom is -0.356 e. The van der Waals surface area contributed by atoms with Crippen LogP contribution in [0.25, 0.3) is 0 Å². The van der Waals surface area contributed by atoms with Crippen molar-refractivity contribution in [2.45, 2.75) is 31.2 Å². The molecule has 1 aromatic rings. The van der Waals surface area contributed by atoms with Crippen molar-refractivity contribution in [2.75, 3.05) is 12.3 Å². The molecule has 4 heteroatoms. The molecule has 0 aromatic heterocycles. The summed E-state index contributed by atoms with van der Waals surface area (Å²) in [7, 11) is 0. The molecule has 0 bridgehead atoms. The van der Waals surface area contributed by atoms with Crippen LogP contribution in [0.5, 0.6) is 0 Å². The molecule has 0 aliphatic rings. The molecular weight excluding hydrogens is 232 g/mol. The Labute approximate surface area is 107 Å². The zero-order chi connectivity index (χ0) is 12.7. The Kier molecular flexibility index (Phi) is 6.08. The summed E-state index contributed by atoms with van der Waals surface area (Å²) in [5, 5.41) is 2.79. The molecule has 0 saturated carbocycles. The Hall–Kier alpha value is -1.00. The topological polar surface area (TPSA) is 55.1 Å². The van der Waals surface area contributed by atoms with Crippen LogP contribution in [0.3, 0.4) is 0 Å². The fraction of sp³-hybridized carbons (Fsp3) is 0.462. The van der Waals surface area contributed by atoms with Crippen LogP contribution in [0.4, 0.5) is 0 Å². The van der Waals surface area contributed by atoms with E-state index in [9.17, 15) is 4.79 Å². The number of nitrogens with two attached hydrogens (primary N) is 1. The second-order valence-corrected chi connectivity index (χ2v) is 4.81. The first-order chi connectivity index (χ1) is 8.19. The van der Waals surface area contributed by atoms with E-state index in [1.165, 1.54) is 0 Å². The molecule has 0 fully saturated rings. The third-order valence-electron chi connectivity index (χ3n) is 2.49. The standard InChI is InChI=1S/C13H20N2OS/c1-3-11(14)10-7-5-6-8-12(10)17-9-13(16)15-4-2/h5-8,11H,3-4,9,14H2,1-2H3,(H,15,16)/t11-/m0/s1. The summed E-state index contributed by atoms with van der Waals surface area (Å²) in [4.78, 5) is 12.5. The summed E-state index contributed by atoms with van der Waals surface area (Å²) in [6, 6.07) is 8.07. The Morgan fingerprint density at radius 3 is 2.76 bits per heavy atom. The summed E-state index contributed by atoms with van der Waals surface area (Å²) in [6.07, 6.45) is 0.902. The molecule has 0 saturated heterocycles. The van der Waals surface area contributed by atoms with E-state index in [4.69, 9.17) is 5.73 Å². The average Bonchev–Trinajstić information content (AvgIpc) is 2.36. The molecule has 0 aliphatic heterocycles. The van der Waals surface area contributed by atoms with Gasteiger partial charge in [0.2, 0.25) is 5.91 Å². The van der Waals surface area contributed by atoms with Gasteiger partial charge < -0.3 is 11.1 Å². The van der Waals surface area contributed by atoms with Gasteiger partial charge in [0.05, 0.1) is 5.75 Å². The third-order valence-corrected chi connectivity index (χ3v) is 3.58. The van der Waals surface area contributed by atoms with Gasteiger partial charge in [-0.25, -0.2) is 0 Å². The fourth-order valence-corrected chi connectivity index (χ4v) is 2.48. The van der Waals surface area contributed by atoms with E-state index in [0.29, 0.717) is 12.3 Å². The number of carbonyl (C=O) groups excluding carboxylic acids is 1. The maximum absolute atomic E-state index is 11.4. The van der Waals surface area contributed by atoms with E-state index < -0.39 is 0 Å². The minimum absolute atomic E-state index is 0.0490. The first kappa shape index (κ1) is 14.1. The van der Waals surface area contributed by atoms with Gasteiger partial charge in [0.1, 0.15) is 0 Å². The smallest absolute Gasteiger partial charge is 0.230 e. The van der Waals surface area contributed by atoms with Crippen LogP contribution in [0.1, 0.15) is 31.9 Å². The lowest BCUT2D eigenvalue weighted by Crippen LogP contribution is -2.24. The molecule has 1 amide bonds. The van der Waals surface area contributed by atoms with Crippen LogP contribution >= 0.6 is 11.8 Å². The Morgan fingerprint density at radius 1 is 1.41 bits per heavy atom. The highest BCUT2D eigenvalue weighted by Crippen LogP contribution is 2.27. The summed E-state index contributed by atoms with van der Waals surface area (Å²) in [5.41, 5.74) is 7.18. The van der Waals surface area contributed by atoms with E-state index in [1.54, 1.807) is 11.8 Å². The Balaban J connectivity index is 2.67. The highest BCUT2D eigenvalue weighted by molar-refractivity contribution is 8.00. The molecule has 1 aromatic carbocycles. The second-order valence-electron chi connectivity index (χ2n) is 3.79. The van der Waals surface area contributed by atoms with Crippen molar-refractivity contribution in [1.82, 2.24) is 5.32 Å². The first-order valence-electron chi connectivity index (χ1n) is 5.93. The summed E-state index contributed by atoms with van der Waals surface area (Å²) in [6.45, 7) is 4.66. The maximum Gasteiger partial charge on any atom is 0.230 e. The van der Waals surface area contributed by atoms with Gasteiger partial charge in [0.15, 0.2) is 0 Å². The van der Waals surface area contributed by atoms with Crippen LogP contribution < -0.4 is 11.1 Å². The maximum atomic E-state index is 11.4. The van der Waals surface area contributed by atoms with Crippen LogP contribution in [0.15, 0.2) is 29.2 Å². The highest BCUT2D eigenvalue weighted by atomic mass is 32.2. The van der Waals surface area contributed by atoms with E-state index >= 15 is 0 Å². The van der Waals surface area contributed by atoms with Gasteiger partial charge in [-0.2, -0.15) is 0 Å². The number of benzene rings is 1. The normalized spacial score (nSPS) is 12.2. The Morgan fingerprint density at radius 2 is 2.12 bits per heavy atom. The van der Waals surface area contributed by atoms with Gasteiger partial charge in [-0.1, -0.05) is 25.1 Å². The van der Waals surface area contributed by atoms with Gasteiger partial charge in [0, 0.05) is 17.5 Å². The molecule has 0 radical (unpaired) electrons. The minimum atomic E-state index is 0.0490. The van der Waals surface area contributed by atoms with Gasteiger partial charge in [-0.3, -0.25) is 4.79 Å². The molecule has 0 aliphatic carbocycles. The quantitative estimate of drug-likeness (QED) is 0.764. The number of thioether (sulfide) groups is 1. The summed E-state index contributed by atoms with van der Waals surface area (Å²) >= 11 is 1.55. The molecule has 0 heterocycles. The van der Waals surface area contributed by atoms with Crippen molar-refractivity contribution in [2.24, 2.45) is 5.73 Å². The molecule has 0 spiro atoms. The molecule has 0 unspecified atom stereocenters. The molecule has 3 nitrogen and oxygen atoms in total. The first-order valence-corrected chi connectivity index (χ1v) is 6.91. The van der Waals surface area contributed by atoms with Crippen molar-refractivity contribution in [1.29, 1.82) is 0 Å². The zero-order valence-electron chi connectivity index (χ0n) is 10.4. The molecular formula is C13H20N2OS. The van der Waals surface area contributed by atoms with Crippen LogP contribution in [-0.4, -0.2) is 18.2 Å². The number of carbonyl (C=O) groups is 1. The number of amides is 1. The van der Waals surface area contributed by atoms with Gasteiger partial charge in [-0.05, 0) is 25.0 Å². The Bertz CT molecular complexity index is 368. The van der Waals surface area contributed by atoms with E-state index in [-0.39, 0.29) is 11.9 Å². The van der Waals surface area contributed by atoms with Crippen molar-refractivity contribution in [3.63, 3.8) is 0 Å². The van der Waals surface area contributed by atoms with Crippen LogP contribution in [0.2, 0.25) is 0 Å². The van der Waals surface area contributed by atoms with Crippen molar-refractivity contribution < 1.29 is 4.79 Å². The number of hydrogen-bond acceptors (Lipinski definition) is 3. The monoisotopic (exact) mass is 252 g/mol. The molecule has 17 heavy (non-hydrogen) atoms. The lowest BCUT2D eigenvalue weighted by molar-refractivity contribution is -0.118. The van der Waals surface area contributed by atoms with Gasteiger partial charge >= 0.3 is 0 Å². The van der Waals surface area contributed by atoms with Crippen molar-refractivity contribution >= 4 is 17.7 Å².